The minimum Gasteiger partial charge on any atom is -0.383 e. The van der Waals surface area contributed by atoms with Gasteiger partial charge in [0.2, 0.25) is 5.91 Å². The third-order valence-corrected chi connectivity index (χ3v) is 5.95. The standard InChI is InChI=1S/C19H13Cl2N7O3S/c1-8(17(29)25-13-5-9(20)3-4-12(13)21)32-18-11(7-23)14(10(6-22)16(24)26-18)15-19(30)31-27-28(15)2/h3-5,8H,1-2H3,(H3-,24,25,26,27,29,30)/p+1. The molecule has 0 fully saturated rings. The monoisotopic (exact) mass is 490 g/mol. The van der Waals surface area contributed by atoms with Crippen molar-refractivity contribution in [2.75, 3.05) is 11.1 Å². The van der Waals surface area contributed by atoms with E-state index in [1.165, 1.54) is 17.8 Å². The highest BCUT2D eigenvalue weighted by molar-refractivity contribution is 8.00. The van der Waals surface area contributed by atoms with Gasteiger partial charge in [-0.25, -0.2) is 9.78 Å². The quantitative estimate of drug-likeness (QED) is 0.362. The summed E-state index contributed by atoms with van der Waals surface area (Å²) in [5, 5.41) is 24.3. The van der Waals surface area contributed by atoms with Gasteiger partial charge in [0.1, 0.15) is 34.1 Å². The van der Waals surface area contributed by atoms with Crippen LogP contribution in [0.5, 0.6) is 0 Å². The maximum atomic E-state index is 12.7. The lowest BCUT2D eigenvalue weighted by Crippen LogP contribution is -2.34. The lowest BCUT2D eigenvalue weighted by atomic mass is 10.0. The van der Waals surface area contributed by atoms with Crippen molar-refractivity contribution in [3.05, 3.63) is 49.8 Å². The van der Waals surface area contributed by atoms with Crippen molar-refractivity contribution in [2.45, 2.75) is 17.2 Å². The lowest BCUT2D eigenvalue weighted by molar-refractivity contribution is -0.730. The molecule has 0 spiro atoms. The Morgan fingerprint density at radius 3 is 2.62 bits per heavy atom. The van der Waals surface area contributed by atoms with Gasteiger partial charge >= 0.3 is 11.3 Å². The first kappa shape index (κ1) is 23.2. The average Bonchev–Trinajstić information content (AvgIpc) is 3.07. The molecule has 1 amide bonds. The number of H-pyrrole nitrogens is 1. The number of nitrogens with two attached hydrogens (primary N) is 1. The molecule has 0 saturated heterocycles. The maximum Gasteiger partial charge on any atom is 0.435 e. The Balaban J connectivity index is 2.03. The van der Waals surface area contributed by atoms with E-state index in [1.807, 2.05) is 12.1 Å². The Hall–Kier alpha value is -3.51. The van der Waals surface area contributed by atoms with E-state index in [0.29, 0.717) is 15.7 Å². The summed E-state index contributed by atoms with van der Waals surface area (Å²) in [6.45, 7) is 1.58. The Labute approximate surface area is 195 Å². The van der Waals surface area contributed by atoms with E-state index < -0.39 is 16.8 Å². The first-order chi connectivity index (χ1) is 15.2. The molecule has 13 heteroatoms. The third-order valence-electron chi connectivity index (χ3n) is 4.30. The molecule has 1 unspecified atom stereocenters. The van der Waals surface area contributed by atoms with Crippen LogP contribution in [-0.4, -0.2) is 21.4 Å². The zero-order valence-electron chi connectivity index (χ0n) is 16.6. The molecule has 0 aliphatic heterocycles. The molecular weight excluding hydrogens is 477 g/mol. The number of rotatable bonds is 5. The number of pyridine rings is 1. The van der Waals surface area contributed by atoms with Gasteiger partial charge in [0.15, 0.2) is 7.05 Å². The number of thioether (sulfide) groups is 1. The molecule has 0 radical (unpaired) electrons. The first-order valence-corrected chi connectivity index (χ1v) is 10.5. The van der Waals surface area contributed by atoms with Crippen molar-refractivity contribution < 1.29 is 14.0 Å². The molecule has 4 N–H and O–H groups in total. The van der Waals surface area contributed by atoms with Crippen LogP contribution < -0.4 is 21.4 Å². The number of benzene rings is 1. The predicted octanol–water partition coefficient (Wildman–Crippen LogP) is 2.61. The van der Waals surface area contributed by atoms with E-state index in [2.05, 4.69) is 15.6 Å². The largest absolute Gasteiger partial charge is 0.435 e. The third kappa shape index (κ3) is 4.41. The fourth-order valence-electron chi connectivity index (χ4n) is 2.78. The van der Waals surface area contributed by atoms with Gasteiger partial charge in [0.25, 0.3) is 0 Å². The molecule has 0 aliphatic carbocycles. The molecule has 0 aliphatic rings. The molecule has 2 heterocycles. The number of nitriles is 2. The van der Waals surface area contributed by atoms with Crippen LogP contribution in [0.25, 0.3) is 11.3 Å². The van der Waals surface area contributed by atoms with Crippen LogP contribution in [0.4, 0.5) is 11.5 Å². The topological polar surface area (TPSA) is 165 Å². The lowest BCUT2D eigenvalue weighted by Gasteiger charge is -2.15. The second-order valence-electron chi connectivity index (χ2n) is 6.41. The van der Waals surface area contributed by atoms with Gasteiger partial charge in [0, 0.05) is 5.02 Å². The van der Waals surface area contributed by atoms with Crippen LogP contribution >= 0.6 is 35.0 Å². The molecule has 0 saturated carbocycles. The summed E-state index contributed by atoms with van der Waals surface area (Å²) in [6.07, 6.45) is 0. The Bertz CT molecular complexity index is 1370. The predicted molar refractivity (Wildman–Crippen MR) is 118 cm³/mol. The van der Waals surface area contributed by atoms with Gasteiger partial charge in [-0.15, -0.1) is 0 Å². The Morgan fingerprint density at radius 2 is 2.03 bits per heavy atom. The van der Waals surface area contributed by atoms with Gasteiger partial charge in [-0.1, -0.05) is 39.6 Å². The second kappa shape index (κ2) is 9.32. The number of nitrogens with one attached hydrogen (secondary N) is 2. The number of carbonyl (C=O) groups excluding carboxylic acids is 1. The molecule has 0 bridgehead atoms. The molecule has 3 aromatic rings. The fraction of sp³-hybridized carbons (Fsp3) is 0.158. The highest BCUT2D eigenvalue weighted by Crippen LogP contribution is 2.35. The van der Waals surface area contributed by atoms with Crippen LogP contribution in [0.15, 0.2) is 32.5 Å². The van der Waals surface area contributed by atoms with Crippen LogP contribution in [0.2, 0.25) is 10.0 Å². The van der Waals surface area contributed by atoms with E-state index in [1.54, 1.807) is 19.1 Å². The summed E-state index contributed by atoms with van der Waals surface area (Å²) in [6, 6.07) is 8.45. The van der Waals surface area contributed by atoms with Gasteiger partial charge in [-0.2, -0.15) is 10.5 Å². The minimum atomic E-state index is -0.802. The number of nitrogen functional groups attached to an aromatic ring is 1. The molecule has 3 rings (SSSR count). The summed E-state index contributed by atoms with van der Waals surface area (Å²) in [4.78, 5) is 29.0. The number of aromatic nitrogens is 3. The van der Waals surface area contributed by atoms with Crippen molar-refractivity contribution in [3.63, 3.8) is 0 Å². The zero-order valence-corrected chi connectivity index (χ0v) is 18.9. The average molecular weight is 491 g/mol. The number of nitrogens with zero attached hydrogens (tertiary/aromatic N) is 4. The number of amides is 1. The van der Waals surface area contributed by atoms with Crippen molar-refractivity contribution >= 4 is 52.4 Å². The molecule has 32 heavy (non-hydrogen) atoms. The highest BCUT2D eigenvalue weighted by Gasteiger charge is 2.32. The van der Waals surface area contributed by atoms with E-state index in [9.17, 15) is 20.1 Å². The number of hydrogen-bond acceptors (Lipinski definition) is 8. The van der Waals surface area contributed by atoms with Crippen molar-refractivity contribution in [1.29, 1.82) is 10.5 Å². The zero-order chi connectivity index (χ0) is 23.6. The van der Waals surface area contributed by atoms with E-state index >= 15 is 0 Å². The van der Waals surface area contributed by atoms with Crippen molar-refractivity contribution in [3.8, 4) is 23.4 Å². The smallest absolute Gasteiger partial charge is 0.383 e. The van der Waals surface area contributed by atoms with E-state index in [-0.39, 0.29) is 33.2 Å². The second-order valence-corrected chi connectivity index (χ2v) is 8.59. The van der Waals surface area contributed by atoms with Gasteiger partial charge in [-0.3, -0.25) is 9.32 Å². The van der Waals surface area contributed by atoms with Crippen molar-refractivity contribution in [1.82, 2.24) is 10.3 Å². The van der Waals surface area contributed by atoms with Gasteiger partial charge in [-0.05, 0) is 30.4 Å². The normalized spacial score (nSPS) is 11.4. The summed E-state index contributed by atoms with van der Waals surface area (Å²) >= 11 is 13.0. The molecule has 1 aromatic carbocycles. The Morgan fingerprint density at radius 1 is 1.34 bits per heavy atom. The van der Waals surface area contributed by atoms with Crippen LogP contribution in [0.1, 0.15) is 18.1 Å². The maximum absolute atomic E-state index is 12.7. The first-order valence-electron chi connectivity index (χ1n) is 8.82. The van der Waals surface area contributed by atoms with E-state index in [0.717, 1.165) is 11.8 Å². The number of anilines is 2. The molecule has 2 aromatic heterocycles. The number of carbonyl (C=O) groups is 1. The highest BCUT2D eigenvalue weighted by atomic mass is 35.5. The number of hydrogen-bond donors (Lipinski definition) is 3. The van der Waals surface area contributed by atoms with Gasteiger partial charge in [0.05, 0.1) is 21.5 Å². The molecule has 162 valence electrons. The number of aryl methyl sites for hydroxylation is 1. The number of aromatic amines is 1. The van der Waals surface area contributed by atoms with E-state index in [4.69, 9.17) is 33.5 Å². The van der Waals surface area contributed by atoms with Gasteiger partial charge < -0.3 is 11.1 Å². The van der Waals surface area contributed by atoms with Crippen molar-refractivity contribution in [2.24, 2.45) is 7.05 Å². The minimum absolute atomic E-state index is 0.0343. The van der Waals surface area contributed by atoms with Crippen LogP contribution in [0.3, 0.4) is 0 Å². The SMILES string of the molecule is CC(Sc1nc(N)c(C#N)c(-c2c(=O)o[nH][n+]2C)c1C#N)C(=O)Nc1cc(Cl)ccc1Cl. The summed E-state index contributed by atoms with van der Waals surface area (Å²) < 4.78 is 5.96. The molecule has 1 atom stereocenters. The fourth-order valence-corrected chi connectivity index (χ4v) is 4.03. The summed E-state index contributed by atoms with van der Waals surface area (Å²) in [5.74, 6) is -0.642. The number of halogens is 2. The summed E-state index contributed by atoms with van der Waals surface area (Å²) in [5.41, 5.74) is 5.08. The summed E-state index contributed by atoms with van der Waals surface area (Å²) in [7, 11) is 1.47. The molecule has 10 nitrogen and oxygen atoms in total. The Kier molecular flexibility index (Phi) is 6.75. The van der Waals surface area contributed by atoms with Crippen LogP contribution in [-0.2, 0) is 11.8 Å². The van der Waals surface area contributed by atoms with Crippen LogP contribution in [0, 0.1) is 22.7 Å². The molecular formula is C19H14Cl2N7O3S+.